The molecule has 0 fully saturated rings. The number of hydrogen-bond donors (Lipinski definition) is 1. The summed E-state index contributed by atoms with van der Waals surface area (Å²) in [5, 5.41) is 6.05. The molecule has 1 unspecified atom stereocenters. The molecule has 0 spiro atoms. The predicted octanol–water partition coefficient (Wildman–Crippen LogP) is 3.90. The normalized spacial score (nSPS) is 20.6. The summed E-state index contributed by atoms with van der Waals surface area (Å²) in [4.78, 5) is 1.62. The van der Waals surface area contributed by atoms with Crippen LogP contribution < -0.4 is 5.32 Å². The maximum atomic E-state index is 3.80. The molecule has 1 atom stereocenters. The van der Waals surface area contributed by atoms with Crippen LogP contribution in [0.25, 0.3) is 0 Å². The third kappa shape index (κ3) is 2.43. The van der Waals surface area contributed by atoms with Crippen molar-refractivity contribution in [3.63, 3.8) is 0 Å². The first-order valence-electron chi connectivity index (χ1n) is 6.17. The Balaban J connectivity index is 2.06. The first kappa shape index (κ1) is 11.2. The molecular weight excluding hydrogens is 202 g/mol. The van der Waals surface area contributed by atoms with Crippen molar-refractivity contribution in [1.29, 1.82) is 0 Å². The number of nitrogens with one attached hydrogen (secondary N) is 1. The maximum Gasteiger partial charge on any atom is 0.0333 e. The van der Waals surface area contributed by atoms with Crippen LogP contribution in [0, 0.1) is 0 Å². The highest BCUT2D eigenvalue weighted by molar-refractivity contribution is 7.10. The van der Waals surface area contributed by atoms with E-state index in [1.807, 2.05) is 11.3 Å². The molecule has 1 aliphatic rings. The van der Waals surface area contributed by atoms with Crippen LogP contribution in [0.2, 0.25) is 0 Å². The van der Waals surface area contributed by atoms with Gasteiger partial charge in [-0.3, -0.25) is 0 Å². The molecule has 1 aromatic heterocycles. The summed E-state index contributed by atoms with van der Waals surface area (Å²) in [6, 6.07) is 3.64. The topological polar surface area (TPSA) is 12.0 Å². The first-order valence-corrected chi connectivity index (χ1v) is 7.05. The van der Waals surface area contributed by atoms with Gasteiger partial charge < -0.3 is 5.32 Å². The predicted molar refractivity (Wildman–Crippen MR) is 67.5 cm³/mol. The van der Waals surface area contributed by atoms with Gasteiger partial charge in [-0.25, -0.2) is 0 Å². The Labute approximate surface area is 96.9 Å². The Bertz CT molecular complexity index is 301. The number of rotatable bonds is 4. The smallest absolute Gasteiger partial charge is 0.0333 e. The van der Waals surface area contributed by atoms with Gasteiger partial charge >= 0.3 is 0 Å². The number of aryl methyl sites for hydroxylation is 1. The lowest BCUT2D eigenvalue weighted by Gasteiger charge is -2.28. The second-order valence-electron chi connectivity index (χ2n) is 4.42. The highest BCUT2D eigenvalue weighted by atomic mass is 32.1. The average Bonchev–Trinajstić information content (AvgIpc) is 2.74. The third-order valence-electron chi connectivity index (χ3n) is 3.47. The fourth-order valence-corrected chi connectivity index (χ4v) is 3.46. The quantitative estimate of drug-likeness (QED) is 0.816. The minimum atomic E-state index is 0.630. The molecule has 0 aromatic carbocycles. The molecule has 2 heteroatoms. The van der Waals surface area contributed by atoms with Crippen LogP contribution >= 0.6 is 11.3 Å². The van der Waals surface area contributed by atoms with Gasteiger partial charge in [-0.2, -0.15) is 0 Å². The van der Waals surface area contributed by atoms with Crippen molar-refractivity contribution in [3.05, 3.63) is 21.9 Å². The van der Waals surface area contributed by atoms with Gasteiger partial charge in [0.25, 0.3) is 0 Å². The lowest BCUT2D eigenvalue weighted by molar-refractivity contribution is 0.381. The molecule has 1 heterocycles. The van der Waals surface area contributed by atoms with Crippen LogP contribution in [0.3, 0.4) is 0 Å². The summed E-state index contributed by atoms with van der Waals surface area (Å²) >= 11 is 1.93. The summed E-state index contributed by atoms with van der Waals surface area (Å²) in [6.45, 7) is 4.55. The molecule has 2 rings (SSSR count). The van der Waals surface area contributed by atoms with Crippen molar-refractivity contribution in [3.8, 4) is 0 Å². The summed E-state index contributed by atoms with van der Waals surface area (Å²) in [5.41, 5.74) is 1.58. The zero-order valence-corrected chi connectivity index (χ0v) is 10.6. The first-order chi connectivity index (χ1) is 7.35. The second kappa shape index (κ2) is 5.13. The van der Waals surface area contributed by atoms with Gasteiger partial charge in [-0.1, -0.05) is 13.8 Å². The Kier molecular flexibility index (Phi) is 3.81. The van der Waals surface area contributed by atoms with E-state index in [-0.39, 0.29) is 0 Å². The summed E-state index contributed by atoms with van der Waals surface area (Å²) < 4.78 is 0. The van der Waals surface area contributed by atoms with E-state index in [9.17, 15) is 0 Å². The van der Waals surface area contributed by atoms with Gasteiger partial charge in [-0.05, 0) is 49.1 Å². The van der Waals surface area contributed by atoms with Crippen LogP contribution in [0.4, 0.5) is 0 Å². The van der Waals surface area contributed by atoms with Crippen molar-refractivity contribution >= 4 is 11.3 Å². The molecule has 84 valence electrons. The molecular formula is C13H21NS. The van der Waals surface area contributed by atoms with Crippen LogP contribution in [-0.2, 0) is 6.42 Å². The minimum Gasteiger partial charge on any atom is -0.307 e. The van der Waals surface area contributed by atoms with E-state index >= 15 is 0 Å². The van der Waals surface area contributed by atoms with Crippen LogP contribution in [0.15, 0.2) is 11.4 Å². The second-order valence-corrected chi connectivity index (χ2v) is 5.42. The molecule has 0 saturated heterocycles. The van der Waals surface area contributed by atoms with Crippen LogP contribution in [0.1, 0.15) is 56.0 Å². The number of thiophene rings is 1. The Morgan fingerprint density at radius 1 is 1.47 bits per heavy atom. The van der Waals surface area contributed by atoms with Crippen LogP contribution in [-0.4, -0.2) is 6.04 Å². The lowest BCUT2D eigenvalue weighted by Crippen LogP contribution is -2.33. The lowest BCUT2D eigenvalue weighted by atomic mass is 9.93. The molecule has 0 saturated carbocycles. The third-order valence-corrected chi connectivity index (χ3v) is 4.47. The van der Waals surface area contributed by atoms with Crippen molar-refractivity contribution in [2.45, 2.75) is 58.0 Å². The van der Waals surface area contributed by atoms with E-state index in [2.05, 4.69) is 30.6 Å². The molecule has 1 aliphatic carbocycles. The summed E-state index contributed by atoms with van der Waals surface area (Å²) in [6.07, 6.45) is 6.46. The summed E-state index contributed by atoms with van der Waals surface area (Å²) in [7, 11) is 0. The van der Waals surface area contributed by atoms with E-state index in [1.54, 1.807) is 10.4 Å². The van der Waals surface area contributed by atoms with Gasteiger partial charge in [0.05, 0.1) is 0 Å². The van der Waals surface area contributed by atoms with Gasteiger partial charge in [0.1, 0.15) is 0 Å². The van der Waals surface area contributed by atoms with Gasteiger partial charge in [0, 0.05) is 17.0 Å². The fraction of sp³-hybridized carbons (Fsp3) is 0.692. The molecule has 1 aromatic rings. The zero-order valence-electron chi connectivity index (χ0n) is 9.75. The Hall–Kier alpha value is -0.340. The Morgan fingerprint density at radius 2 is 2.27 bits per heavy atom. The van der Waals surface area contributed by atoms with Gasteiger partial charge in [-0.15, -0.1) is 11.3 Å². The van der Waals surface area contributed by atoms with E-state index < -0.39 is 0 Å². The average molecular weight is 223 g/mol. The molecule has 0 radical (unpaired) electrons. The van der Waals surface area contributed by atoms with E-state index in [4.69, 9.17) is 0 Å². The van der Waals surface area contributed by atoms with Crippen molar-refractivity contribution in [2.24, 2.45) is 0 Å². The van der Waals surface area contributed by atoms with Crippen molar-refractivity contribution < 1.29 is 0 Å². The fourth-order valence-electron chi connectivity index (χ4n) is 2.47. The highest BCUT2D eigenvalue weighted by Gasteiger charge is 2.22. The monoisotopic (exact) mass is 223 g/mol. The van der Waals surface area contributed by atoms with Gasteiger partial charge in [0.15, 0.2) is 0 Å². The van der Waals surface area contributed by atoms with E-state index in [0.29, 0.717) is 12.1 Å². The molecule has 0 bridgehead atoms. The maximum absolute atomic E-state index is 3.80. The SMILES string of the molecule is CCC(CC)NC1CCCc2sccc21. The summed E-state index contributed by atoms with van der Waals surface area (Å²) in [5.74, 6) is 0. The molecule has 0 amide bonds. The Morgan fingerprint density at radius 3 is 3.00 bits per heavy atom. The molecule has 0 aliphatic heterocycles. The highest BCUT2D eigenvalue weighted by Crippen LogP contribution is 2.33. The van der Waals surface area contributed by atoms with E-state index in [0.717, 1.165) is 0 Å². The molecule has 15 heavy (non-hydrogen) atoms. The van der Waals surface area contributed by atoms with Crippen molar-refractivity contribution in [2.75, 3.05) is 0 Å². The van der Waals surface area contributed by atoms with Crippen LogP contribution in [0.5, 0.6) is 0 Å². The van der Waals surface area contributed by atoms with Crippen molar-refractivity contribution in [1.82, 2.24) is 5.32 Å². The molecule has 1 nitrogen and oxygen atoms in total. The zero-order chi connectivity index (χ0) is 10.7. The molecule has 1 N–H and O–H groups in total. The minimum absolute atomic E-state index is 0.630. The standard InChI is InChI=1S/C13H21NS/c1-3-10(4-2)14-12-6-5-7-13-11(12)8-9-15-13/h8-10,12,14H,3-7H2,1-2H3. The number of fused-ring (bicyclic) bond motifs is 1. The van der Waals surface area contributed by atoms with Gasteiger partial charge in [0.2, 0.25) is 0 Å². The largest absolute Gasteiger partial charge is 0.307 e. The number of hydrogen-bond acceptors (Lipinski definition) is 2. The van der Waals surface area contributed by atoms with E-state index in [1.165, 1.54) is 32.1 Å².